The van der Waals surface area contributed by atoms with E-state index in [4.69, 9.17) is 18.9 Å². The van der Waals surface area contributed by atoms with Crippen LogP contribution in [0.5, 0.6) is 23.0 Å². The highest BCUT2D eigenvalue weighted by Gasteiger charge is 2.37. The van der Waals surface area contributed by atoms with Crippen molar-refractivity contribution in [3.05, 3.63) is 45.4 Å². The molecule has 0 spiro atoms. The highest BCUT2D eigenvalue weighted by atomic mass is 79.9. The predicted octanol–water partition coefficient (Wildman–Crippen LogP) is 4.59. The average molecular weight is 421 g/mol. The number of rotatable bonds is 6. The molecule has 0 radical (unpaired) electrons. The first-order valence-corrected chi connectivity index (χ1v) is 9.13. The summed E-state index contributed by atoms with van der Waals surface area (Å²) in [6.07, 6.45) is 0.377. The number of Topliss-reactive ketones (excluding diaryl/α,β-unsaturated/α-hetero) is 1. The van der Waals surface area contributed by atoms with Gasteiger partial charge in [0.25, 0.3) is 0 Å². The van der Waals surface area contributed by atoms with Crippen LogP contribution in [0.3, 0.4) is 0 Å². The Morgan fingerprint density at radius 1 is 1.04 bits per heavy atom. The average Bonchev–Trinajstić information content (AvgIpc) is 2.98. The second-order valence-electron chi connectivity index (χ2n) is 5.91. The fourth-order valence-electron chi connectivity index (χ4n) is 3.44. The number of benzene rings is 2. The van der Waals surface area contributed by atoms with Gasteiger partial charge in [0.1, 0.15) is 5.75 Å². The Morgan fingerprint density at radius 2 is 1.77 bits per heavy atom. The normalized spacial score (nSPS) is 15.6. The number of hydrogen-bond donors (Lipinski definition) is 0. The Morgan fingerprint density at radius 3 is 2.35 bits per heavy atom. The van der Waals surface area contributed by atoms with Crippen molar-refractivity contribution in [2.24, 2.45) is 0 Å². The molecule has 6 heteroatoms. The van der Waals surface area contributed by atoms with E-state index in [1.165, 1.54) is 0 Å². The molecule has 2 aromatic carbocycles. The van der Waals surface area contributed by atoms with Gasteiger partial charge in [-0.3, -0.25) is 4.79 Å². The first-order chi connectivity index (χ1) is 12.5. The van der Waals surface area contributed by atoms with E-state index in [1.54, 1.807) is 27.4 Å². The number of carbonyl (C=O) groups excluding carboxylic acids is 1. The zero-order valence-electron chi connectivity index (χ0n) is 15.2. The summed E-state index contributed by atoms with van der Waals surface area (Å²) in [5, 5.41) is 0. The molecule has 1 unspecified atom stereocenters. The first-order valence-electron chi connectivity index (χ1n) is 8.33. The van der Waals surface area contributed by atoms with Crippen molar-refractivity contribution in [2.45, 2.75) is 19.3 Å². The van der Waals surface area contributed by atoms with Crippen LogP contribution in [0.2, 0.25) is 0 Å². The van der Waals surface area contributed by atoms with Gasteiger partial charge in [0.15, 0.2) is 17.3 Å². The Labute approximate surface area is 161 Å². The lowest BCUT2D eigenvalue weighted by Crippen LogP contribution is -2.03. The molecule has 0 saturated carbocycles. The molecule has 0 aromatic heterocycles. The van der Waals surface area contributed by atoms with Crippen LogP contribution in [0.15, 0.2) is 28.7 Å². The summed E-state index contributed by atoms with van der Waals surface area (Å²) in [6, 6.07) is 7.63. The third kappa shape index (κ3) is 3.03. The van der Waals surface area contributed by atoms with Crippen molar-refractivity contribution in [3.8, 4) is 23.0 Å². The van der Waals surface area contributed by atoms with Gasteiger partial charge in [0.2, 0.25) is 5.75 Å². The van der Waals surface area contributed by atoms with E-state index in [9.17, 15) is 4.79 Å². The number of ether oxygens (including phenoxy) is 4. The van der Waals surface area contributed by atoms with Gasteiger partial charge in [0.05, 0.1) is 32.4 Å². The summed E-state index contributed by atoms with van der Waals surface area (Å²) in [6.45, 7) is 2.53. The standard InChI is InChI=1S/C20H21BrO5/c1-5-26-16-7-6-11(8-14(16)21)12-9-15(22)13-10-17(23-2)19(24-3)20(25-4)18(12)13/h6-8,10,12H,5,9H2,1-4H3. The number of hydrogen-bond acceptors (Lipinski definition) is 5. The fourth-order valence-corrected chi connectivity index (χ4v) is 3.95. The van der Waals surface area contributed by atoms with Crippen molar-refractivity contribution >= 4 is 21.7 Å². The molecular formula is C20H21BrO5. The molecule has 26 heavy (non-hydrogen) atoms. The quantitative estimate of drug-likeness (QED) is 0.683. The Hall–Kier alpha value is -2.21. The van der Waals surface area contributed by atoms with Crippen LogP contribution >= 0.6 is 15.9 Å². The van der Waals surface area contributed by atoms with Crippen LogP contribution in [0.25, 0.3) is 0 Å². The molecule has 0 amide bonds. The molecule has 1 aliphatic rings. The Balaban J connectivity index is 2.15. The van der Waals surface area contributed by atoms with Crippen LogP contribution in [0, 0.1) is 0 Å². The minimum absolute atomic E-state index is 0.0641. The van der Waals surface area contributed by atoms with Gasteiger partial charge in [-0.25, -0.2) is 0 Å². The van der Waals surface area contributed by atoms with Crippen LogP contribution in [-0.2, 0) is 0 Å². The molecule has 3 rings (SSSR count). The molecule has 5 nitrogen and oxygen atoms in total. The highest BCUT2D eigenvalue weighted by Crippen LogP contribution is 2.51. The summed E-state index contributed by atoms with van der Waals surface area (Å²) in [4.78, 5) is 12.7. The number of methoxy groups -OCH3 is 3. The van der Waals surface area contributed by atoms with E-state index in [1.807, 2.05) is 25.1 Å². The summed E-state index contributed by atoms with van der Waals surface area (Å²) in [5.74, 6) is 2.26. The SMILES string of the molecule is CCOc1ccc(C2CC(=O)c3cc(OC)c(OC)c(OC)c32)cc1Br. The smallest absolute Gasteiger partial charge is 0.203 e. The number of fused-ring (bicyclic) bond motifs is 1. The summed E-state index contributed by atoms with van der Waals surface area (Å²) in [7, 11) is 4.68. The molecule has 1 aliphatic carbocycles. The largest absolute Gasteiger partial charge is 0.493 e. The molecule has 1 atom stereocenters. The van der Waals surface area contributed by atoms with Gasteiger partial charge < -0.3 is 18.9 Å². The van der Waals surface area contributed by atoms with Crippen molar-refractivity contribution in [3.63, 3.8) is 0 Å². The number of carbonyl (C=O) groups is 1. The molecule has 0 saturated heterocycles. The summed E-state index contributed by atoms with van der Waals surface area (Å²) < 4.78 is 22.9. The van der Waals surface area contributed by atoms with Crippen LogP contribution in [0.4, 0.5) is 0 Å². The second kappa shape index (κ2) is 7.58. The number of ketones is 1. The second-order valence-corrected chi connectivity index (χ2v) is 6.76. The molecule has 0 bridgehead atoms. The van der Waals surface area contributed by atoms with Gasteiger partial charge >= 0.3 is 0 Å². The molecule has 0 N–H and O–H groups in total. The lowest BCUT2D eigenvalue weighted by Gasteiger charge is -2.19. The van der Waals surface area contributed by atoms with Crippen LogP contribution in [-0.4, -0.2) is 33.7 Å². The topological polar surface area (TPSA) is 54.0 Å². The maximum absolute atomic E-state index is 12.7. The minimum Gasteiger partial charge on any atom is -0.493 e. The maximum atomic E-state index is 12.7. The van der Waals surface area contributed by atoms with Gasteiger partial charge in [-0.1, -0.05) is 6.07 Å². The monoisotopic (exact) mass is 420 g/mol. The highest BCUT2D eigenvalue weighted by molar-refractivity contribution is 9.10. The van der Waals surface area contributed by atoms with E-state index in [0.717, 1.165) is 21.3 Å². The zero-order valence-corrected chi connectivity index (χ0v) is 16.8. The minimum atomic E-state index is -0.112. The van der Waals surface area contributed by atoms with E-state index < -0.39 is 0 Å². The molecule has 2 aromatic rings. The Kier molecular flexibility index (Phi) is 5.41. The van der Waals surface area contributed by atoms with Gasteiger partial charge in [0, 0.05) is 23.5 Å². The van der Waals surface area contributed by atoms with Gasteiger partial charge in [-0.15, -0.1) is 0 Å². The number of halogens is 1. The fraction of sp³-hybridized carbons (Fsp3) is 0.350. The van der Waals surface area contributed by atoms with Crippen LogP contribution < -0.4 is 18.9 Å². The summed E-state index contributed by atoms with van der Waals surface area (Å²) in [5.41, 5.74) is 2.47. The van der Waals surface area contributed by atoms with E-state index in [0.29, 0.717) is 35.8 Å². The first kappa shape index (κ1) is 18.6. The third-order valence-corrected chi connectivity index (χ3v) is 5.18. The Bertz CT molecular complexity index is 847. The third-order valence-electron chi connectivity index (χ3n) is 4.56. The lowest BCUT2D eigenvalue weighted by atomic mass is 9.92. The maximum Gasteiger partial charge on any atom is 0.203 e. The molecule has 138 valence electrons. The van der Waals surface area contributed by atoms with Crippen molar-refractivity contribution < 1.29 is 23.7 Å². The van der Waals surface area contributed by atoms with Crippen molar-refractivity contribution in [2.75, 3.05) is 27.9 Å². The summed E-state index contributed by atoms with van der Waals surface area (Å²) >= 11 is 3.55. The molecular weight excluding hydrogens is 400 g/mol. The lowest BCUT2D eigenvalue weighted by molar-refractivity contribution is 0.0991. The van der Waals surface area contributed by atoms with Crippen molar-refractivity contribution in [1.29, 1.82) is 0 Å². The van der Waals surface area contributed by atoms with Crippen LogP contribution in [0.1, 0.15) is 40.7 Å². The van der Waals surface area contributed by atoms with Crippen molar-refractivity contribution in [1.82, 2.24) is 0 Å². The molecule has 0 heterocycles. The predicted molar refractivity (Wildman–Crippen MR) is 102 cm³/mol. The van der Waals surface area contributed by atoms with E-state index in [2.05, 4.69) is 15.9 Å². The molecule has 0 fully saturated rings. The van der Waals surface area contributed by atoms with Gasteiger partial charge in [-0.2, -0.15) is 0 Å². The zero-order chi connectivity index (χ0) is 18.8. The van der Waals surface area contributed by atoms with Gasteiger partial charge in [-0.05, 0) is 46.6 Å². The van der Waals surface area contributed by atoms with E-state index >= 15 is 0 Å². The van der Waals surface area contributed by atoms with E-state index in [-0.39, 0.29) is 11.7 Å². The molecule has 0 aliphatic heterocycles.